The maximum absolute atomic E-state index is 12.2. The Morgan fingerprint density at radius 2 is 1.67 bits per heavy atom. The number of nitrogens with one attached hydrogen (secondary N) is 1. The van der Waals surface area contributed by atoms with E-state index >= 15 is 0 Å². The van der Waals surface area contributed by atoms with Gasteiger partial charge in [-0.1, -0.05) is 13.8 Å². The lowest BCUT2D eigenvalue weighted by Crippen LogP contribution is -2.50. The van der Waals surface area contributed by atoms with Crippen molar-refractivity contribution in [3.8, 4) is 0 Å². The van der Waals surface area contributed by atoms with E-state index in [4.69, 9.17) is 0 Å². The summed E-state index contributed by atoms with van der Waals surface area (Å²) in [6.07, 6.45) is 3.01. The fourth-order valence-corrected chi connectivity index (χ4v) is 3.74. The summed E-state index contributed by atoms with van der Waals surface area (Å²) < 4.78 is 0. The smallest absolute Gasteiger partial charge is 0.234 e. The molecule has 5 nitrogen and oxygen atoms in total. The molecule has 2 saturated heterocycles. The molecule has 21 heavy (non-hydrogen) atoms. The minimum absolute atomic E-state index is 0.135. The first-order chi connectivity index (χ1) is 9.94. The number of likely N-dealkylation sites (tertiary alicyclic amines) is 2. The molecule has 5 heteroatoms. The first-order valence-corrected chi connectivity index (χ1v) is 8.21. The van der Waals surface area contributed by atoms with E-state index < -0.39 is 0 Å². The van der Waals surface area contributed by atoms with Crippen LogP contribution in [-0.4, -0.2) is 60.4 Å². The highest BCUT2D eigenvalue weighted by molar-refractivity contribution is 5.78. The van der Waals surface area contributed by atoms with Crippen LogP contribution in [0.3, 0.4) is 0 Å². The van der Waals surface area contributed by atoms with E-state index in [-0.39, 0.29) is 17.9 Å². The second-order valence-corrected chi connectivity index (χ2v) is 6.99. The molecule has 0 saturated carbocycles. The zero-order valence-electron chi connectivity index (χ0n) is 13.6. The summed E-state index contributed by atoms with van der Waals surface area (Å²) in [5.41, 5.74) is 0. The highest BCUT2D eigenvalue weighted by atomic mass is 16.2. The number of amides is 2. The molecule has 0 spiro atoms. The summed E-state index contributed by atoms with van der Waals surface area (Å²) in [6, 6.07) is 0.229. The van der Waals surface area contributed by atoms with Gasteiger partial charge < -0.3 is 10.2 Å². The van der Waals surface area contributed by atoms with Crippen molar-refractivity contribution in [1.29, 1.82) is 0 Å². The lowest BCUT2D eigenvalue weighted by Gasteiger charge is -2.35. The third-order valence-corrected chi connectivity index (χ3v) is 4.62. The Morgan fingerprint density at radius 3 is 2.19 bits per heavy atom. The molecular formula is C16H29N3O2. The number of piperidine rings is 2. The monoisotopic (exact) mass is 295 g/mol. The average molecular weight is 295 g/mol. The number of rotatable bonds is 3. The van der Waals surface area contributed by atoms with E-state index in [1.165, 1.54) is 6.42 Å². The third kappa shape index (κ3) is 4.99. The van der Waals surface area contributed by atoms with Gasteiger partial charge in [0.2, 0.25) is 11.8 Å². The summed E-state index contributed by atoms with van der Waals surface area (Å²) in [5.74, 6) is 1.63. The van der Waals surface area contributed by atoms with Gasteiger partial charge in [0.1, 0.15) is 0 Å². The number of nitrogens with zero attached hydrogens (tertiary/aromatic N) is 2. The predicted molar refractivity (Wildman–Crippen MR) is 82.8 cm³/mol. The Labute approximate surface area is 128 Å². The first kappa shape index (κ1) is 16.3. The van der Waals surface area contributed by atoms with E-state index in [9.17, 15) is 9.59 Å². The molecule has 2 atom stereocenters. The highest BCUT2D eigenvalue weighted by Gasteiger charge is 2.25. The van der Waals surface area contributed by atoms with Crippen molar-refractivity contribution in [1.82, 2.24) is 15.1 Å². The molecule has 120 valence electrons. The molecule has 2 fully saturated rings. The maximum Gasteiger partial charge on any atom is 0.234 e. The van der Waals surface area contributed by atoms with Gasteiger partial charge in [-0.3, -0.25) is 14.5 Å². The van der Waals surface area contributed by atoms with Gasteiger partial charge in [-0.15, -0.1) is 0 Å². The Kier molecular flexibility index (Phi) is 5.62. The normalized spacial score (nSPS) is 28.4. The third-order valence-electron chi connectivity index (χ3n) is 4.62. The standard InChI is InChI=1S/C16H29N3O2/c1-12-8-13(2)10-18(9-12)11-16(21)17-15-4-6-19(7-5-15)14(3)20/h12-13,15H,4-11H2,1-3H3,(H,17,21). The Hall–Kier alpha value is -1.10. The van der Waals surface area contributed by atoms with Crippen LogP contribution in [0.15, 0.2) is 0 Å². The molecule has 2 rings (SSSR count). The summed E-state index contributed by atoms with van der Waals surface area (Å²) in [7, 11) is 0. The lowest BCUT2D eigenvalue weighted by molar-refractivity contribution is -0.130. The van der Waals surface area contributed by atoms with Gasteiger partial charge in [-0.25, -0.2) is 0 Å². The van der Waals surface area contributed by atoms with Gasteiger partial charge in [-0.2, -0.15) is 0 Å². The lowest BCUT2D eigenvalue weighted by atomic mass is 9.92. The molecule has 0 bridgehead atoms. The molecule has 1 N–H and O–H groups in total. The fourth-order valence-electron chi connectivity index (χ4n) is 3.74. The van der Waals surface area contributed by atoms with Crippen LogP contribution in [0, 0.1) is 11.8 Å². The van der Waals surface area contributed by atoms with Gasteiger partial charge >= 0.3 is 0 Å². The van der Waals surface area contributed by atoms with Crippen LogP contribution in [0.4, 0.5) is 0 Å². The number of carbonyl (C=O) groups excluding carboxylic acids is 2. The van der Waals surface area contributed by atoms with Crippen LogP contribution in [0.5, 0.6) is 0 Å². The SMILES string of the molecule is CC(=O)N1CCC(NC(=O)CN2CC(C)CC(C)C2)CC1. The van der Waals surface area contributed by atoms with Crippen LogP contribution in [0.25, 0.3) is 0 Å². The van der Waals surface area contributed by atoms with E-state index in [1.54, 1.807) is 6.92 Å². The largest absolute Gasteiger partial charge is 0.352 e. The summed E-state index contributed by atoms with van der Waals surface area (Å²) in [6.45, 7) is 10.2. The number of hydrogen-bond donors (Lipinski definition) is 1. The zero-order chi connectivity index (χ0) is 15.4. The topological polar surface area (TPSA) is 52.7 Å². The minimum Gasteiger partial charge on any atom is -0.352 e. The van der Waals surface area contributed by atoms with Crippen molar-refractivity contribution in [3.05, 3.63) is 0 Å². The molecule has 0 aliphatic carbocycles. The van der Waals surface area contributed by atoms with Crippen molar-refractivity contribution in [3.63, 3.8) is 0 Å². The predicted octanol–water partition coefficient (Wildman–Crippen LogP) is 1.09. The van der Waals surface area contributed by atoms with E-state index in [1.807, 2.05) is 4.90 Å². The molecule has 0 radical (unpaired) electrons. The van der Waals surface area contributed by atoms with Gasteiger partial charge in [0.05, 0.1) is 6.54 Å². The van der Waals surface area contributed by atoms with Crippen molar-refractivity contribution >= 4 is 11.8 Å². The molecule has 2 heterocycles. The molecule has 2 unspecified atom stereocenters. The van der Waals surface area contributed by atoms with Gasteiger partial charge in [-0.05, 0) is 31.1 Å². The minimum atomic E-state index is 0.135. The highest BCUT2D eigenvalue weighted by Crippen LogP contribution is 2.20. The van der Waals surface area contributed by atoms with Crippen LogP contribution >= 0.6 is 0 Å². The number of hydrogen-bond acceptors (Lipinski definition) is 3. The molecule has 2 aliphatic rings. The number of carbonyl (C=O) groups is 2. The Bertz CT molecular complexity index is 368. The van der Waals surface area contributed by atoms with Gasteiger partial charge in [0, 0.05) is 39.1 Å². The second-order valence-electron chi connectivity index (χ2n) is 6.99. The van der Waals surface area contributed by atoms with Crippen LogP contribution in [-0.2, 0) is 9.59 Å². The Balaban J connectivity index is 1.71. The maximum atomic E-state index is 12.2. The summed E-state index contributed by atoms with van der Waals surface area (Å²) >= 11 is 0. The van der Waals surface area contributed by atoms with Gasteiger partial charge in [0.25, 0.3) is 0 Å². The van der Waals surface area contributed by atoms with Crippen molar-refractivity contribution in [2.75, 3.05) is 32.7 Å². The first-order valence-electron chi connectivity index (χ1n) is 8.21. The van der Waals surface area contributed by atoms with Crippen molar-refractivity contribution in [2.45, 2.75) is 46.1 Å². The molecule has 0 aromatic carbocycles. The molecule has 2 amide bonds. The van der Waals surface area contributed by atoms with E-state index in [2.05, 4.69) is 24.1 Å². The fraction of sp³-hybridized carbons (Fsp3) is 0.875. The average Bonchev–Trinajstić information content (AvgIpc) is 2.37. The van der Waals surface area contributed by atoms with Gasteiger partial charge in [0.15, 0.2) is 0 Å². The van der Waals surface area contributed by atoms with Crippen molar-refractivity contribution < 1.29 is 9.59 Å². The molecule has 0 aromatic heterocycles. The molecular weight excluding hydrogens is 266 g/mol. The van der Waals surface area contributed by atoms with E-state index in [0.29, 0.717) is 18.4 Å². The van der Waals surface area contributed by atoms with Crippen molar-refractivity contribution in [2.24, 2.45) is 11.8 Å². The zero-order valence-corrected chi connectivity index (χ0v) is 13.6. The summed E-state index contributed by atoms with van der Waals surface area (Å²) in [4.78, 5) is 27.6. The second kappa shape index (κ2) is 7.25. The van der Waals surface area contributed by atoms with Crippen LogP contribution in [0.1, 0.15) is 40.0 Å². The van der Waals surface area contributed by atoms with Crippen LogP contribution < -0.4 is 5.32 Å². The Morgan fingerprint density at radius 1 is 1.10 bits per heavy atom. The summed E-state index contributed by atoms with van der Waals surface area (Å²) in [5, 5.41) is 3.14. The quantitative estimate of drug-likeness (QED) is 0.848. The molecule has 2 aliphatic heterocycles. The van der Waals surface area contributed by atoms with Crippen LogP contribution in [0.2, 0.25) is 0 Å². The molecule has 0 aromatic rings. The van der Waals surface area contributed by atoms with E-state index in [0.717, 1.165) is 39.0 Å².